The van der Waals surface area contributed by atoms with Gasteiger partial charge < -0.3 is 14.8 Å². The number of hydrogen-bond acceptors (Lipinski definition) is 4. The molecule has 1 aromatic heterocycles. The van der Waals surface area contributed by atoms with Crippen molar-refractivity contribution in [2.45, 2.75) is 38.3 Å². The highest BCUT2D eigenvalue weighted by molar-refractivity contribution is 5.18. The van der Waals surface area contributed by atoms with Gasteiger partial charge in [0.25, 0.3) is 0 Å². The Bertz CT molecular complexity index is 394. The van der Waals surface area contributed by atoms with E-state index < -0.39 is 0 Å². The minimum absolute atomic E-state index is 0.164. The predicted octanol–water partition coefficient (Wildman–Crippen LogP) is 1.79. The summed E-state index contributed by atoms with van der Waals surface area (Å²) < 4.78 is 5.26. The number of aliphatic hydroxyl groups is 1. The average molecular weight is 234 g/mol. The van der Waals surface area contributed by atoms with Gasteiger partial charge in [-0.3, -0.25) is 0 Å². The van der Waals surface area contributed by atoms with Crippen molar-refractivity contribution in [3.05, 3.63) is 23.7 Å². The molecule has 0 saturated heterocycles. The largest absolute Gasteiger partial charge is 0.449 e. The van der Waals surface area contributed by atoms with Crippen LogP contribution in [0.1, 0.15) is 37.2 Å². The quantitative estimate of drug-likeness (QED) is 0.833. The van der Waals surface area contributed by atoms with Crippen LogP contribution in [0.15, 0.2) is 16.5 Å². The summed E-state index contributed by atoms with van der Waals surface area (Å²) >= 11 is 0. The highest BCUT2D eigenvalue weighted by Gasteiger charge is 2.22. The molecule has 92 valence electrons. The molecule has 1 aliphatic carbocycles. The fraction of sp³-hybridized carbons (Fsp3) is 0.615. The van der Waals surface area contributed by atoms with Crippen LogP contribution in [-0.4, -0.2) is 17.8 Å². The molecule has 0 amide bonds. The van der Waals surface area contributed by atoms with Gasteiger partial charge in [0.1, 0.15) is 11.8 Å². The molecule has 0 bridgehead atoms. The van der Waals surface area contributed by atoms with Gasteiger partial charge >= 0.3 is 0 Å². The first-order valence-electron chi connectivity index (χ1n) is 6.17. The zero-order valence-electron chi connectivity index (χ0n) is 9.85. The minimum Gasteiger partial charge on any atom is -0.449 e. The normalized spacial score (nSPS) is 24.5. The lowest BCUT2D eigenvalue weighted by molar-refractivity contribution is 0.0692. The lowest BCUT2D eigenvalue weighted by atomic mass is 9.86. The zero-order chi connectivity index (χ0) is 12.1. The summed E-state index contributed by atoms with van der Waals surface area (Å²) in [5.41, 5.74) is 0. The smallest absolute Gasteiger partial charge is 0.203 e. The molecule has 1 heterocycles. The van der Waals surface area contributed by atoms with Crippen LogP contribution in [0, 0.1) is 17.2 Å². The third-order valence-corrected chi connectivity index (χ3v) is 3.35. The van der Waals surface area contributed by atoms with E-state index in [1.165, 1.54) is 6.42 Å². The monoisotopic (exact) mass is 234 g/mol. The topological polar surface area (TPSA) is 69.2 Å². The van der Waals surface area contributed by atoms with Gasteiger partial charge in [-0.1, -0.05) is 12.8 Å². The van der Waals surface area contributed by atoms with E-state index in [2.05, 4.69) is 5.32 Å². The number of nitrogens with zero attached hydrogens (tertiary/aromatic N) is 1. The Balaban J connectivity index is 1.73. The SMILES string of the molecule is N#Cc1ccc(CNCC2CCCCC2O)o1. The first-order chi connectivity index (χ1) is 8.29. The van der Waals surface area contributed by atoms with Gasteiger partial charge in [-0.2, -0.15) is 5.26 Å². The second-order valence-corrected chi connectivity index (χ2v) is 4.62. The Morgan fingerprint density at radius 1 is 1.41 bits per heavy atom. The van der Waals surface area contributed by atoms with Crippen molar-refractivity contribution in [1.29, 1.82) is 5.26 Å². The van der Waals surface area contributed by atoms with Crippen LogP contribution in [0.3, 0.4) is 0 Å². The molecule has 0 aliphatic heterocycles. The summed E-state index contributed by atoms with van der Waals surface area (Å²) in [7, 11) is 0. The third-order valence-electron chi connectivity index (χ3n) is 3.35. The van der Waals surface area contributed by atoms with E-state index in [9.17, 15) is 5.11 Å². The molecular formula is C13H18N2O2. The van der Waals surface area contributed by atoms with Crippen molar-refractivity contribution in [2.75, 3.05) is 6.54 Å². The lowest BCUT2D eigenvalue weighted by Gasteiger charge is -2.27. The summed E-state index contributed by atoms with van der Waals surface area (Å²) in [5.74, 6) is 1.47. The Kier molecular flexibility index (Phi) is 4.18. The standard InChI is InChI=1S/C13H18N2O2/c14-7-11-5-6-12(17-11)9-15-8-10-3-1-2-4-13(10)16/h5-6,10,13,15-16H,1-4,8-9H2. The number of rotatable bonds is 4. The molecule has 1 saturated carbocycles. The Morgan fingerprint density at radius 2 is 2.24 bits per heavy atom. The van der Waals surface area contributed by atoms with Gasteiger partial charge in [-0.05, 0) is 30.9 Å². The maximum atomic E-state index is 9.80. The third kappa shape index (κ3) is 3.32. The Hall–Kier alpha value is -1.31. The molecule has 1 fully saturated rings. The van der Waals surface area contributed by atoms with Crippen molar-refractivity contribution in [3.63, 3.8) is 0 Å². The van der Waals surface area contributed by atoms with E-state index in [4.69, 9.17) is 9.68 Å². The molecule has 1 aromatic rings. The predicted molar refractivity (Wildman–Crippen MR) is 63.1 cm³/mol. The summed E-state index contributed by atoms with van der Waals surface area (Å²) in [6.45, 7) is 1.43. The highest BCUT2D eigenvalue weighted by atomic mass is 16.3. The maximum absolute atomic E-state index is 9.80. The molecule has 1 aliphatic rings. The van der Waals surface area contributed by atoms with Crippen LogP contribution in [0.4, 0.5) is 0 Å². The summed E-state index contributed by atoms with van der Waals surface area (Å²) in [5, 5.41) is 21.7. The van der Waals surface area contributed by atoms with E-state index in [0.29, 0.717) is 18.2 Å². The molecule has 4 nitrogen and oxygen atoms in total. The summed E-state index contributed by atoms with van der Waals surface area (Å²) in [6, 6.07) is 5.44. The fourth-order valence-corrected chi connectivity index (χ4v) is 2.34. The number of aliphatic hydroxyl groups excluding tert-OH is 1. The van der Waals surface area contributed by atoms with Gasteiger partial charge in [0.05, 0.1) is 12.6 Å². The first kappa shape index (κ1) is 12.2. The molecule has 0 spiro atoms. The van der Waals surface area contributed by atoms with Crippen molar-refractivity contribution in [2.24, 2.45) is 5.92 Å². The van der Waals surface area contributed by atoms with Gasteiger partial charge in [0, 0.05) is 6.54 Å². The van der Waals surface area contributed by atoms with Crippen LogP contribution in [0.5, 0.6) is 0 Å². The summed E-state index contributed by atoms with van der Waals surface area (Å²) in [6.07, 6.45) is 4.20. The highest BCUT2D eigenvalue weighted by Crippen LogP contribution is 2.23. The molecular weight excluding hydrogens is 216 g/mol. The molecule has 2 unspecified atom stereocenters. The second-order valence-electron chi connectivity index (χ2n) is 4.62. The number of hydrogen-bond donors (Lipinski definition) is 2. The van der Waals surface area contributed by atoms with Crippen LogP contribution < -0.4 is 5.32 Å². The van der Waals surface area contributed by atoms with E-state index in [0.717, 1.165) is 31.6 Å². The molecule has 2 N–H and O–H groups in total. The fourth-order valence-electron chi connectivity index (χ4n) is 2.34. The number of nitriles is 1. The summed E-state index contributed by atoms with van der Waals surface area (Å²) in [4.78, 5) is 0. The van der Waals surface area contributed by atoms with E-state index in [1.807, 2.05) is 12.1 Å². The van der Waals surface area contributed by atoms with Crippen molar-refractivity contribution >= 4 is 0 Å². The molecule has 2 rings (SSSR count). The van der Waals surface area contributed by atoms with Crippen LogP contribution in [0.2, 0.25) is 0 Å². The number of nitrogens with one attached hydrogen (secondary N) is 1. The van der Waals surface area contributed by atoms with Gasteiger partial charge in [0.2, 0.25) is 5.76 Å². The maximum Gasteiger partial charge on any atom is 0.203 e. The van der Waals surface area contributed by atoms with Crippen molar-refractivity contribution < 1.29 is 9.52 Å². The minimum atomic E-state index is -0.164. The van der Waals surface area contributed by atoms with E-state index >= 15 is 0 Å². The first-order valence-corrected chi connectivity index (χ1v) is 6.17. The van der Waals surface area contributed by atoms with Crippen LogP contribution >= 0.6 is 0 Å². The van der Waals surface area contributed by atoms with Crippen molar-refractivity contribution in [1.82, 2.24) is 5.32 Å². The lowest BCUT2D eigenvalue weighted by Crippen LogP contribution is -2.33. The Morgan fingerprint density at radius 3 is 2.94 bits per heavy atom. The van der Waals surface area contributed by atoms with Crippen molar-refractivity contribution in [3.8, 4) is 6.07 Å². The molecule has 2 atom stereocenters. The molecule has 0 radical (unpaired) electrons. The van der Waals surface area contributed by atoms with Gasteiger partial charge in [0.15, 0.2) is 0 Å². The molecule has 4 heteroatoms. The number of furan rings is 1. The molecule has 17 heavy (non-hydrogen) atoms. The van der Waals surface area contributed by atoms with Gasteiger partial charge in [-0.15, -0.1) is 0 Å². The Labute approximate surface area is 101 Å². The zero-order valence-corrected chi connectivity index (χ0v) is 9.85. The van der Waals surface area contributed by atoms with E-state index in [1.54, 1.807) is 6.07 Å². The average Bonchev–Trinajstić information content (AvgIpc) is 2.80. The van der Waals surface area contributed by atoms with E-state index in [-0.39, 0.29) is 6.10 Å². The molecule has 0 aromatic carbocycles. The van der Waals surface area contributed by atoms with Crippen LogP contribution in [0.25, 0.3) is 0 Å². The van der Waals surface area contributed by atoms with Crippen LogP contribution in [-0.2, 0) is 6.54 Å². The van der Waals surface area contributed by atoms with Gasteiger partial charge in [-0.25, -0.2) is 0 Å². The second kappa shape index (κ2) is 5.85.